The fraction of sp³-hybridized carbons (Fsp3) is 0.308. The van der Waals surface area contributed by atoms with Gasteiger partial charge in [-0.25, -0.2) is 0 Å². The predicted molar refractivity (Wildman–Crippen MR) is 81.2 cm³/mol. The lowest BCUT2D eigenvalue weighted by molar-refractivity contribution is -0.385. The third-order valence-electron chi connectivity index (χ3n) is 2.70. The molecule has 1 amide bonds. The zero-order valence-electron chi connectivity index (χ0n) is 11.8. The summed E-state index contributed by atoms with van der Waals surface area (Å²) in [6, 6.07) is 5.74. The van der Waals surface area contributed by atoms with Gasteiger partial charge in [-0.2, -0.15) is 0 Å². The summed E-state index contributed by atoms with van der Waals surface area (Å²) in [4.78, 5) is 22.4. The van der Waals surface area contributed by atoms with Crippen LogP contribution < -0.4 is 5.32 Å². The molecule has 0 atom stereocenters. The second-order valence-corrected chi connectivity index (χ2v) is 5.24. The molecule has 0 radical (unpaired) electrons. The van der Waals surface area contributed by atoms with Crippen LogP contribution in [-0.4, -0.2) is 34.2 Å². The van der Waals surface area contributed by atoms with Crippen molar-refractivity contribution in [2.24, 2.45) is 0 Å². The average molecular weight is 322 g/mol. The SMILES string of the molecule is CCOCCc1nnc(NC(=O)c2ccccc2[N+](=O)[O-])s1. The molecule has 2 aromatic rings. The number of nitro benzene ring substituents is 1. The summed E-state index contributed by atoms with van der Waals surface area (Å²) in [5.41, 5.74) is -0.264. The number of ether oxygens (including phenoxy) is 1. The molecule has 9 heteroatoms. The third kappa shape index (κ3) is 4.06. The van der Waals surface area contributed by atoms with E-state index in [0.29, 0.717) is 24.8 Å². The Morgan fingerprint density at radius 2 is 2.18 bits per heavy atom. The van der Waals surface area contributed by atoms with Crippen molar-refractivity contribution in [2.45, 2.75) is 13.3 Å². The lowest BCUT2D eigenvalue weighted by atomic mass is 10.1. The number of amides is 1. The summed E-state index contributed by atoms with van der Waals surface area (Å²) in [5, 5.41) is 22.2. The van der Waals surface area contributed by atoms with Crippen molar-refractivity contribution in [1.82, 2.24) is 10.2 Å². The number of para-hydroxylation sites is 1. The van der Waals surface area contributed by atoms with Crippen molar-refractivity contribution in [1.29, 1.82) is 0 Å². The van der Waals surface area contributed by atoms with Gasteiger partial charge in [0.05, 0.1) is 11.5 Å². The Morgan fingerprint density at radius 1 is 1.41 bits per heavy atom. The van der Waals surface area contributed by atoms with E-state index in [0.717, 1.165) is 5.01 Å². The Labute approximate surface area is 130 Å². The van der Waals surface area contributed by atoms with Gasteiger partial charge in [0.1, 0.15) is 10.6 Å². The standard InChI is InChI=1S/C13H14N4O4S/c1-2-21-8-7-11-15-16-13(22-11)14-12(18)9-5-3-4-6-10(9)17(19)20/h3-6H,2,7-8H2,1H3,(H,14,16,18). The van der Waals surface area contributed by atoms with Gasteiger partial charge in [-0.15, -0.1) is 10.2 Å². The van der Waals surface area contributed by atoms with Crippen LogP contribution in [0.2, 0.25) is 0 Å². The van der Waals surface area contributed by atoms with E-state index in [4.69, 9.17) is 4.74 Å². The molecule has 0 aliphatic rings. The zero-order chi connectivity index (χ0) is 15.9. The van der Waals surface area contributed by atoms with Crippen molar-refractivity contribution in [2.75, 3.05) is 18.5 Å². The van der Waals surface area contributed by atoms with Crippen LogP contribution in [0.25, 0.3) is 0 Å². The zero-order valence-corrected chi connectivity index (χ0v) is 12.6. The molecule has 0 spiro atoms. The number of anilines is 1. The van der Waals surface area contributed by atoms with Crippen molar-refractivity contribution in [3.63, 3.8) is 0 Å². The molecule has 0 aliphatic carbocycles. The van der Waals surface area contributed by atoms with E-state index < -0.39 is 10.8 Å². The molecule has 0 unspecified atom stereocenters. The molecular weight excluding hydrogens is 308 g/mol. The van der Waals surface area contributed by atoms with E-state index in [9.17, 15) is 14.9 Å². The first-order valence-electron chi connectivity index (χ1n) is 6.56. The molecule has 0 bridgehead atoms. The molecule has 2 rings (SSSR count). The fourth-order valence-electron chi connectivity index (χ4n) is 1.70. The number of aromatic nitrogens is 2. The van der Waals surface area contributed by atoms with Gasteiger partial charge in [0.15, 0.2) is 0 Å². The molecule has 0 saturated carbocycles. The highest BCUT2D eigenvalue weighted by atomic mass is 32.1. The summed E-state index contributed by atoms with van der Waals surface area (Å²) >= 11 is 1.22. The Kier molecular flexibility index (Phi) is 5.50. The quantitative estimate of drug-likeness (QED) is 0.476. The van der Waals surface area contributed by atoms with E-state index in [-0.39, 0.29) is 11.3 Å². The minimum Gasteiger partial charge on any atom is -0.381 e. The van der Waals surface area contributed by atoms with Gasteiger partial charge in [0.2, 0.25) is 5.13 Å². The van der Waals surface area contributed by atoms with Gasteiger partial charge < -0.3 is 4.74 Å². The highest BCUT2D eigenvalue weighted by molar-refractivity contribution is 7.15. The van der Waals surface area contributed by atoms with Gasteiger partial charge in [-0.1, -0.05) is 23.5 Å². The Hall–Kier alpha value is -2.39. The minimum atomic E-state index is -0.595. The van der Waals surface area contributed by atoms with Crippen molar-refractivity contribution < 1.29 is 14.5 Å². The maximum Gasteiger partial charge on any atom is 0.282 e. The minimum absolute atomic E-state index is 0.0152. The number of nitrogens with one attached hydrogen (secondary N) is 1. The summed E-state index contributed by atoms with van der Waals surface area (Å²) < 4.78 is 5.22. The van der Waals surface area contributed by atoms with Gasteiger partial charge >= 0.3 is 0 Å². The molecule has 8 nitrogen and oxygen atoms in total. The van der Waals surface area contributed by atoms with Gasteiger partial charge in [-0.05, 0) is 13.0 Å². The highest BCUT2D eigenvalue weighted by Gasteiger charge is 2.20. The molecular formula is C13H14N4O4S. The van der Waals surface area contributed by atoms with E-state index in [2.05, 4.69) is 15.5 Å². The van der Waals surface area contributed by atoms with E-state index >= 15 is 0 Å². The number of rotatable bonds is 7. The van der Waals surface area contributed by atoms with Gasteiger partial charge in [0, 0.05) is 19.1 Å². The van der Waals surface area contributed by atoms with Crippen LogP contribution in [0.3, 0.4) is 0 Å². The summed E-state index contributed by atoms with van der Waals surface area (Å²) in [5.74, 6) is -0.584. The maximum atomic E-state index is 12.1. The molecule has 1 heterocycles. The third-order valence-corrected chi connectivity index (χ3v) is 3.60. The molecule has 0 saturated heterocycles. The molecule has 1 aromatic carbocycles. The molecule has 0 fully saturated rings. The Balaban J connectivity index is 2.05. The van der Waals surface area contributed by atoms with Crippen molar-refractivity contribution >= 4 is 28.1 Å². The smallest absolute Gasteiger partial charge is 0.282 e. The molecule has 1 aromatic heterocycles. The predicted octanol–water partition coefficient (Wildman–Crippen LogP) is 2.28. The maximum absolute atomic E-state index is 12.1. The molecule has 1 N–H and O–H groups in total. The normalized spacial score (nSPS) is 10.4. The largest absolute Gasteiger partial charge is 0.381 e. The number of carbonyl (C=O) groups excluding carboxylic acids is 1. The van der Waals surface area contributed by atoms with Crippen LogP contribution in [0.15, 0.2) is 24.3 Å². The number of nitrogens with zero attached hydrogens (tertiary/aromatic N) is 3. The van der Waals surface area contributed by atoms with Crippen LogP contribution in [0.5, 0.6) is 0 Å². The Morgan fingerprint density at radius 3 is 2.91 bits per heavy atom. The monoisotopic (exact) mass is 322 g/mol. The van der Waals surface area contributed by atoms with Crippen LogP contribution in [-0.2, 0) is 11.2 Å². The number of benzene rings is 1. The lowest BCUT2D eigenvalue weighted by Gasteiger charge is -2.01. The summed E-state index contributed by atoms with van der Waals surface area (Å²) in [6.07, 6.45) is 0.604. The number of nitro groups is 1. The highest BCUT2D eigenvalue weighted by Crippen LogP contribution is 2.21. The average Bonchev–Trinajstić information content (AvgIpc) is 2.95. The number of hydrogen-bond acceptors (Lipinski definition) is 7. The van der Waals surface area contributed by atoms with Crippen molar-refractivity contribution in [3.05, 3.63) is 45.0 Å². The fourth-order valence-corrected chi connectivity index (χ4v) is 2.41. The van der Waals surface area contributed by atoms with Gasteiger partial charge in [0.25, 0.3) is 11.6 Å². The van der Waals surface area contributed by atoms with Crippen molar-refractivity contribution in [3.8, 4) is 0 Å². The lowest BCUT2D eigenvalue weighted by Crippen LogP contribution is -2.13. The molecule has 22 heavy (non-hydrogen) atoms. The van der Waals surface area contributed by atoms with E-state index in [1.54, 1.807) is 6.07 Å². The molecule has 0 aliphatic heterocycles. The van der Waals surface area contributed by atoms with E-state index in [1.807, 2.05) is 6.92 Å². The van der Waals surface area contributed by atoms with Crippen LogP contribution in [0.1, 0.15) is 22.3 Å². The topological polar surface area (TPSA) is 107 Å². The summed E-state index contributed by atoms with van der Waals surface area (Å²) in [7, 11) is 0. The second-order valence-electron chi connectivity index (χ2n) is 4.18. The Bertz CT molecular complexity index is 674. The van der Waals surface area contributed by atoms with E-state index in [1.165, 1.54) is 29.5 Å². The first kappa shape index (κ1) is 16.0. The van der Waals surface area contributed by atoms with Crippen LogP contribution in [0, 0.1) is 10.1 Å². The second kappa shape index (κ2) is 7.57. The van der Waals surface area contributed by atoms with Crippen LogP contribution >= 0.6 is 11.3 Å². The molecule has 116 valence electrons. The first-order chi connectivity index (χ1) is 10.6. The first-order valence-corrected chi connectivity index (χ1v) is 7.38. The number of carbonyl (C=O) groups is 1. The van der Waals surface area contributed by atoms with Crippen LogP contribution in [0.4, 0.5) is 10.8 Å². The van der Waals surface area contributed by atoms with Gasteiger partial charge in [-0.3, -0.25) is 20.2 Å². The summed E-state index contributed by atoms with van der Waals surface area (Å²) in [6.45, 7) is 3.06. The number of hydrogen-bond donors (Lipinski definition) is 1.